The lowest BCUT2D eigenvalue weighted by molar-refractivity contribution is 0.0602. The number of methoxy groups -OCH3 is 1. The van der Waals surface area contributed by atoms with Crippen LogP contribution in [-0.2, 0) is 4.74 Å². The molecular weight excluding hydrogens is 276 g/mol. The van der Waals surface area contributed by atoms with Crippen LogP contribution >= 0.6 is 11.6 Å². The quantitative estimate of drug-likeness (QED) is 0.657. The Bertz CT molecular complexity index is 499. The van der Waals surface area contributed by atoms with E-state index in [9.17, 15) is 4.79 Å². The lowest BCUT2D eigenvalue weighted by Crippen LogP contribution is -2.25. The van der Waals surface area contributed by atoms with Gasteiger partial charge < -0.3 is 15.8 Å². The van der Waals surface area contributed by atoms with E-state index in [4.69, 9.17) is 22.1 Å². The van der Waals surface area contributed by atoms with Gasteiger partial charge in [-0.2, -0.15) is 0 Å². The molecule has 1 aromatic rings. The summed E-state index contributed by atoms with van der Waals surface area (Å²) in [5.41, 5.74) is 7.22. The van der Waals surface area contributed by atoms with Crippen molar-refractivity contribution in [1.29, 1.82) is 0 Å². The minimum Gasteiger partial charge on any atom is -0.465 e. The molecule has 5 heteroatoms. The summed E-state index contributed by atoms with van der Waals surface area (Å²) in [7, 11) is 1.35. The number of benzene rings is 1. The predicted molar refractivity (Wildman–Crippen MR) is 82.2 cm³/mol. The van der Waals surface area contributed by atoms with Crippen LogP contribution in [0.3, 0.4) is 0 Å². The van der Waals surface area contributed by atoms with Gasteiger partial charge in [-0.3, -0.25) is 0 Å². The summed E-state index contributed by atoms with van der Waals surface area (Å²) in [6.07, 6.45) is 4.98. The normalized spacial score (nSPS) is 16.9. The van der Waals surface area contributed by atoms with Gasteiger partial charge in [-0.15, -0.1) is 0 Å². The fraction of sp³-hybridized carbons (Fsp3) is 0.533. The van der Waals surface area contributed by atoms with Gasteiger partial charge in [0.2, 0.25) is 0 Å². The van der Waals surface area contributed by atoms with Gasteiger partial charge in [-0.05, 0) is 37.8 Å². The number of rotatable bonds is 4. The van der Waals surface area contributed by atoms with E-state index in [1.54, 1.807) is 12.1 Å². The number of nitrogens with one attached hydrogen (secondary N) is 1. The van der Waals surface area contributed by atoms with E-state index in [1.165, 1.54) is 32.8 Å². The second-order valence-corrected chi connectivity index (χ2v) is 5.80. The van der Waals surface area contributed by atoms with Gasteiger partial charge >= 0.3 is 5.97 Å². The van der Waals surface area contributed by atoms with E-state index in [1.807, 2.05) is 0 Å². The molecule has 3 N–H and O–H groups in total. The molecule has 1 aliphatic rings. The Hall–Kier alpha value is -1.42. The number of carbonyl (C=O) groups excluding carboxylic acids is 1. The van der Waals surface area contributed by atoms with E-state index in [2.05, 4.69) is 12.2 Å². The van der Waals surface area contributed by atoms with Crippen LogP contribution in [0.1, 0.15) is 43.0 Å². The minimum absolute atomic E-state index is 0.266. The molecule has 1 aromatic carbocycles. The highest BCUT2D eigenvalue weighted by atomic mass is 35.5. The van der Waals surface area contributed by atoms with Gasteiger partial charge in [-0.1, -0.05) is 24.4 Å². The maximum Gasteiger partial charge on any atom is 0.340 e. The number of nitrogens with two attached hydrogens (primary N) is 1. The Kier molecular flexibility index (Phi) is 4.76. The lowest BCUT2D eigenvalue weighted by atomic mass is 9.99. The van der Waals surface area contributed by atoms with E-state index in [0.717, 1.165) is 0 Å². The molecule has 110 valence electrons. The highest BCUT2D eigenvalue weighted by Crippen LogP contribution is 2.34. The summed E-state index contributed by atoms with van der Waals surface area (Å²) in [5.74, 6) is 0.189. The summed E-state index contributed by atoms with van der Waals surface area (Å²) in [6, 6.07) is 3.51. The topological polar surface area (TPSA) is 64.3 Å². The number of hydrogen-bond donors (Lipinski definition) is 2. The fourth-order valence-corrected chi connectivity index (χ4v) is 3.13. The Morgan fingerprint density at radius 1 is 1.45 bits per heavy atom. The number of hydrogen-bond acceptors (Lipinski definition) is 4. The van der Waals surface area contributed by atoms with E-state index in [-0.39, 0.29) is 6.04 Å². The van der Waals surface area contributed by atoms with Gasteiger partial charge in [0.25, 0.3) is 0 Å². The average Bonchev–Trinajstić information content (AvgIpc) is 2.94. The van der Waals surface area contributed by atoms with Crippen LogP contribution in [0.2, 0.25) is 5.02 Å². The smallest absolute Gasteiger partial charge is 0.340 e. The van der Waals surface area contributed by atoms with Crippen molar-refractivity contribution in [1.82, 2.24) is 0 Å². The van der Waals surface area contributed by atoms with Crippen LogP contribution in [0.25, 0.3) is 0 Å². The summed E-state index contributed by atoms with van der Waals surface area (Å²) in [5, 5.41) is 3.83. The van der Waals surface area contributed by atoms with Crippen molar-refractivity contribution in [2.75, 3.05) is 18.2 Å². The first kappa shape index (κ1) is 15.0. The molecule has 0 aromatic heterocycles. The molecule has 1 saturated carbocycles. The number of ether oxygens (including phenoxy) is 1. The Labute approximate surface area is 124 Å². The Morgan fingerprint density at radius 3 is 2.70 bits per heavy atom. The molecular formula is C15H21ClN2O2. The van der Waals surface area contributed by atoms with Crippen molar-refractivity contribution in [2.45, 2.75) is 38.6 Å². The Balaban J connectivity index is 2.27. The van der Waals surface area contributed by atoms with Crippen LogP contribution in [0.4, 0.5) is 11.4 Å². The number of nitrogen functional groups attached to an aromatic ring is 1. The molecule has 0 bridgehead atoms. The van der Waals surface area contributed by atoms with Crippen LogP contribution in [0.15, 0.2) is 12.1 Å². The largest absolute Gasteiger partial charge is 0.465 e. The van der Waals surface area contributed by atoms with E-state index < -0.39 is 5.97 Å². The lowest BCUT2D eigenvalue weighted by Gasteiger charge is -2.23. The zero-order chi connectivity index (χ0) is 14.7. The molecule has 4 nitrogen and oxygen atoms in total. The molecule has 1 atom stereocenters. The summed E-state index contributed by atoms with van der Waals surface area (Å²) < 4.78 is 4.80. The van der Waals surface area contributed by atoms with Gasteiger partial charge in [-0.25, -0.2) is 4.79 Å². The van der Waals surface area contributed by atoms with Crippen LogP contribution in [-0.4, -0.2) is 19.1 Å². The molecule has 0 aliphatic heterocycles. The van der Waals surface area contributed by atoms with Gasteiger partial charge in [0.05, 0.1) is 23.4 Å². The maximum absolute atomic E-state index is 11.9. The first-order chi connectivity index (χ1) is 9.52. The van der Waals surface area contributed by atoms with Crippen molar-refractivity contribution in [3.63, 3.8) is 0 Å². The van der Waals surface area contributed by atoms with Crippen molar-refractivity contribution < 1.29 is 9.53 Å². The molecule has 2 rings (SSSR count). The third-order valence-electron chi connectivity index (χ3n) is 4.00. The zero-order valence-corrected chi connectivity index (χ0v) is 12.7. The van der Waals surface area contributed by atoms with Crippen molar-refractivity contribution >= 4 is 28.9 Å². The van der Waals surface area contributed by atoms with Gasteiger partial charge in [0, 0.05) is 11.7 Å². The first-order valence-corrected chi connectivity index (χ1v) is 7.34. The van der Waals surface area contributed by atoms with Crippen LogP contribution in [0, 0.1) is 5.92 Å². The number of halogens is 1. The van der Waals surface area contributed by atoms with E-state index >= 15 is 0 Å². The second kappa shape index (κ2) is 6.35. The van der Waals surface area contributed by atoms with Crippen molar-refractivity contribution in [2.24, 2.45) is 5.92 Å². The highest BCUT2D eigenvalue weighted by molar-refractivity contribution is 6.34. The molecule has 1 fully saturated rings. The molecule has 1 aliphatic carbocycles. The predicted octanol–water partition coefficient (Wildman–Crippen LogP) is 3.70. The van der Waals surface area contributed by atoms with Crippen molar-refractivity contribution in [3.05, 3.63) is 22.7 Å². The van der Waals surface area contributed by atoms with Crippen molar-refractivity contribution in [3.8, 4) is 0 Å². The summed E-state index contributed by atoms with van der Waals surface area (Å²) >= 11 is 6.24. The molecule has 0 heterocycles. The number of anilines is 2. The molecule has 0 saturated heterocycles. The SMILES string of the molecule is COC(=O)c1cc(N)cc(Cl)c1NC(C)C1CCCC1. The molecule has 0 radical (unpaired) electrons. The van der Waals surface area contributed by atoms with Crippen LogP contribution < -0.4 is 11.1 Å². The number of carbonyl (C=O) groups is 1. The van der Waals surface area contributed by atoms with E-state index in [0.29, 0.717) is 27.9 Å². The monoisotopic (exact) mass is 296 g/mol. The average molecular weight is 297 g/mol. The first-order valence-electron chi connectivity index (χ1n) is 6.96. The van der Waals surface area contributed by atoms with Gasteiger partial charge in [0.1, 0.15) is 0 Å². The molecule has 1 unspecified atom stereocenters. The van der Waals surface area contributed by atoms with Gasteiger partial charge in [0.15, 0.2) is 0 Å². The third kappa shape index (κ3) is 3.18. The maximum atomic E-state index is 11.9. The fourth-order valence-electron chi connectivity index (χ4n) is 2.85. The highest BCUT2D eigenvalue weighted by Gasteiger charge is 2.24. The zero-order valence-electron chi connectivity index (χ0n) is 11.9. The molecule has 0 spiro atoms. The minimum atomic E-state index is -0.430. The number of esters is 1. The van der Waals surface area contributed by atoms with Crippen LogP contribution in [0.5, 0.6) is 0 Å². The molecule has 20 heavy (non-hydrogen) atoms. The standard InChI is InChI=1S/C15H21ClN2O2/c1-9(10-5-3-4-6-10)18-14-12(15(19)20-2)7-11(17)8-13(14)16/h7-10,18H,3-6,17H2,1-2H3. The third-order valence-corrected chi connectivity index (χ3v) is 4.29. The summed E-state index contributed by atoms with van der Waals surface area (Å²) in [4.78, 5) is 11.9. The Morgan fingerprint density at radius 2 is 2.10 bits per heavy atom. The summed E-state index contributed by atoms with van der Waals surface area (Å²) in [6.45, 7) is 2.13. The molecule has 0 amide bonds. The second-order valence-electron chi connectivity index (χ2n) is 5.39.